The molecule has 0 aliphatic carbocycles. The number of benzene rings is 1. The van der Waals surface area contributed by atoms with Gasteiger partial charge in [0.1, 0.15) is 6.04 Å². The molecule has 1 aromatic rings. The summed E-state index contributed by atoms with van der Waals surface area (Å²) in [6.45, 7) is 3.87. The number of carbonyl (C=O) groups excluding carboxylic acids is 3. The Bertz CT molecular complexity index is 610. The van der Waals surface area contributed by atoms with Crippen LogP contribution in [-0.4, -0.2) is 53.9 Å². The van der Waals surface area contributed by atoms with Gasteiger partial charge >= 0.3 is 0 Å². The molecule has 1 aromatic carbocycles. The number of thioether (sulfide) groups is 1. The highest BCUT2D eigenvalue weighted by Crippen LogP contribution is 2.24. The Morgan fingerprint density at radius 1 is 1.14 bits per heavy atom. The zero-order chi connectivity index (χ0) is 20.9. The van der Waals surface area contributed by atoms with Crippen LogP contribution in [0.25, 0.3) is 0 Å². The largest absolute Gasteiger partial charge is 0.396 e. The lowest BCUT2D eigenvalue weighted by Crippen LogP contribution is -2.51. The molecule has 3 N–H and O–H groups in total. The lowest BCUT2D eigenvalue weighted by Gasteiger charge is -2.26. The third-order valence-electron chi connectivity index (χ3n) is 4.53. The van der Waals surface area contributed by atoms with E-state index in [1.807, 2.05) is 50.4 Å². The first-order valence-corrected chi connectivity index (χ1v) is 11.0. The van der Waals surface area contributed by atoms with Crippen molar-refractivity contribution < 1.29 is 19.5 Å². The number of ketones is 1. The Kier molecular flexibility index (Phi) is 11.5. The van der Waals surface area contributed by atoms with E-state index in [2.05, 4.69) is 10.6 Å². The van der Waals surface area contributed by atoms with Crippen LogP contribution in [-0.2, 0) is 14.4 Å². The number of nitrogens with one attached hydrogen (secondary N) is 2. The number of Topliss-reactive ketones (excluding diaryl/α,β-unsaturated/α-hetero) is 1. The van der Waals surface area contributed by atoms with Crippen LogP contribution in [0, 0.1) is 5.92 Å². The fourth-order valence-electron chi connectivity index (χ4n) is 3.13. The average Bonchev–Trinajstić information content (AvgIpc) is 2.68. The Labute approximate surface area is 171 Å². The molecule has 0 saturated carbocycles. The molecule has 7 heteroatoms. The van der Waals surface area contributed by atoms with E-state index in [1.165, 1.54) is 0 Å². The van der Waals surface area contributed by atoms with E-state index in [0.29, 0.717) is 25.7 Å². The molecule has 0 spiro atoms. The molecule has 3 atom stereocenters. The normalized spacial score (nSPS) is 14.2. The first-order valence-electron chi connectivity index (χ1n) is 9.63. The summed E-state index contributed by atoms with van der Waals surface area (Å²) in [5.41, 5.74) is 0.828. The van der Waals surface area contributed by atoms with Gasteiger partial charge in [0.15, 0.2) is 5.78 Å². The third-order valence-corrected chi connectivity index (χ3v) is 5.17. The lowest BCUT2D eigenvalue weighted by atomic mass is 9.85. The molecular formula is C21H32N2O4S. The maximum atomic E-state index is 13.3. The van der Waals surface area contributed by atoms with Crippen LogP contribution >= 0.6 is 11.8 Å². The van der Waals surface area contributed by atoms with E-state index in [1.54, 1.807) is 11.8 Å². The summed E-state index contributed by atoms with van der Waals surface area (Å²) in [4.78, 5) is 36.9. The van der Waals surface area contributed by atoms with Gasteiger partial charge < -0.3 is 15.7 Å². The van der Waals surface area contributed by atoms with Gasteiger partial charge in [-0.2, -0.15) is 11.8 Å². The van der Waals surface area contributed by atoms with Crippen LogP contribution in [0.4, 0.5) is 0 Å². The number of amides is 2. The van der Waals surface area contributed by atoms with Gasteiger partial charge in [0.25, 0.3) is 0 Å². The maximum absolute atomic E-state index is 13.3. The van der Waals surface area contributed by atoms with Crippen LogP contribution in [0.2, 0.25) is 0 Å². The molecule has 0 bridgehead atoms. The van der Waals surface area contributed by atoms with Crippen LogP contribution in [0.5, 0.6) is 0 Å². The summed E-state index contributed by atoms with van der Waals surface area (Å²) in [5.74, 6) is -0.0332. The summed E-state index contributed by atoms with van der Waals surface area (Å²) in [7, 11) is 0. The third kappa shape index (κ3) is 8.02. The van der Waals surface area contributed by atoms with E-state index in [0.717, 1.165) is 11.3 Å². The van der Waals surface area contributed by atoms with Crippen molar-refractivity contribution in [3.63, 3.8) is 0 Å². The van der Waals surface area contributed by atoms with Crippen LogP contribution in [0.1, 0.15) is 44.6 Å². The van der Waals surface area contributed by atoms with Crippen LogP contribution in [0.15, 0.2) is 30.3 Å². The van der Waals surface area contributed by atoms with Gasteiger partial charge in [0.05, 0.1) is 6.04 Å². The monoisotopic (exact) mass is 408 g/mol. The van der Waals surface area contributed by atoms with E-state index in [4.69, 9.17) is 0 Å². The number of carbonyl (C=O) groups is 3. The average molecular weight is 409 g/mol. The van der Waals surface area contributed by atoms with Gasteiger partial charge in [-0.05, 0) is 42.8 Å². The molecule has 28 heavy (non-hydrogen) atoms. The highest BCUT2D eigenvalue weighted by molar-refractivity contribution is 7.98. The number of hydrogen-bond acceptors (Lipinski definition) is 5. The summed E-state index contributed by atoms with van der Waals surface area (Å²) in [6, 6.07) is 7.97. The number of rotatable bonds is 14. The lowest BCUT2D eigenvalue weighted by molar-refractivity contribution is -0.131. The Balaban J connectivity index is 3.02. The minimum Gasteiger partial charge on any atom is -0.396 e. The molecule has 0 aliphatic heterocycles. The zero-order valence-electron chi connectivity index (χ0n) is 16.9. The standard InChI is InChI=1S/C21H32N2O4S/c1-15(2)13-19(23-21(27)18(22-14-25)10-12-28-3)20(26)17(9-11-24)16-7-5-4-6-8-16/h4-8,14-15,17-19,24H,9-13H2,1-3H3,(H,22,25)(H,23,27). The van der Waals surface area contributed by atoms with Gasteiger partial charge in [0.2, 0.25) is 12.3 Å². The summed E-state index contributed by atoms with van der Waals surface area (Å²) in [6.07, 6.45) is 3.74. The Morgan fingerprint density at radius 2 is 1.82 bits per heavy atom. The molecule has 0 fully saturated rings. The SMILES string of the molecule is CSCCC(NC=O)C(=O)NC(CC(C)C)C(=O)C(CCO)c1ccccc1. The zero-order valence-corrected chi connectivity index (χ0v) is 17.7. The molecule has 3 unspecified atom stereocenters. The molecule has 0 saturated heterocycles. The second kappa shape index (κ2) is 13.3. The molecule has 0 heterocycles. The summed E-state index contributed by atoms with van der Waals surface area (Å²) in [5, 5.41) is 14.9. The van der Waals surface area contributed by atoms with Gasteiger partial charge in [-0.3, -0.25) is 14.4 Å². The van der Waals surface area contributed by atoms with Crippen molar-refractivity contribution in [3.05, 3.63) is 35.9 Å². The van der Waals surface area contributed by atoms with Crippen molar-refractivity contribution in [1.29, 1.82) is 0 Å². The molecule has 0 aliphatic rings. The molecule has 156 valence electrons. The maximum Gasteiger partial charge on any atom is 0.243 e. The molecule has 0 aromatic heterocycles. The number of hydrogen-bond donors (Lipinski definition) is 3. The summed E-state index contributed by atoms with van der Waals surface area (Å²) >= 11 is 1.59. The van der Waals surface area contributed by atoms with E-state index in [-0.39, 0.29) is 24.2 Å². The first-order chi connectivity index (χ1) is 13.4. The van der Waals surface area contributed by atoms with Gasteiger partial charge in [-0.1, -0.05) is 44.2 Å². The topological polar surface area (TPSA) is 95.5 Å². The number of aliphatic hydroxyl groups is 1. The molecular weight excluding hydrogens is 376 g/mol. The van der Waals surface area contributed by atoms with Gasteiger partial charge in [-0.25, -0.2) is 0 Å². The highest BCUT2D eigenvalue weighted by Gasteiger charge is 2.31. The Morgan fingerprint density at radius 3 is 2.36 bits per heavy atom. The van der Waals surface area contributed by atoms with Gasteiger partial charge in [0, 0.05) is 12.5 Å². The van der Waals surface area contributed by atoms with Crippen molar-refractivity contribution in [1.82, 2.24) is 10.6 Å². The summed E-state index contributed by atoms with van der Waals surface area (Å²) < 4.78 is 0. The van der Waals surface area contributed by atoms with Crippen molar-refractivity contribution in [2.45, 2.75) is 51.1 Å². The van der Waals surface area contributed by atoms with E-state index >= 15 is 0 Å². The van der Waals surface area contributed by atoms with Crippen molar-refractivity contribution in [2.75, 3.05) is 18.6 Å². The van der Waals surface area contributed by atoms with Crippen molar-refractivity contribution in [2.24, 2.45) is 5.92 Å². The highest BCUT2D eigenvalue weighted by atomic mass is 32.2. The smallest absolute Gasteiger partial charge is 0.243 e. The van der Waals surface area contributed by atoms with Crippen molar-refractivity contribution >= 4 is 29.9 Å². The minimum atomic E-state index is -0.672. The number of aliphatic hydroxyl groups excluding tert-OH is 1. The van der Waals surface area contributed by atoms with E-state index < -0.39 is 18.0 Å². The fraction of sp³-hybridized carbons (Fsp3) is 0.571. The quantitative estimate of drug-likeness (QED) is 0.410. The predicted octanol–water partition coefficient (Wildman–Crippen LogP) is 2.12. The second-order valence-electron chi connectivity index (χ2n) is 7.19. The van der Waals surface area contributed by atoms with E-state index in [9.17, 15) is 19.5 Å². The van der Waals surface area contributed by atoms with Gasteiger partial charge in [-0.15, -0.1) is 0 Å². The second-order valence-corrected chi connectivity index (χ2v) is 8.17. The van der Waals surface area contributed by atoms with Crippen LogP contribution < -0.4 is 10.6 Å². The molecule has 2 amide bonds. The Hall–Kier alpha value is -1.86. The molecule has 6 nitrogen and oxygen atoms in total. The van der Waals surface area contributed by atoms with Crippen LogP contribution in [0.3, 0.4) is 0 Å². The van der Waals surface area contributed by atoms with Crippen molar-refractivity contribution in [3.8, 4) is 0 Å². The minimum absolute atomic E-state index is 0.114. The fourth-order valence-corrected chi connectivity index (χ4v) is 3.60. The molecule has 1 rings (SSSR count). The predicted molar refractivity (Wildman–Crippen MR) is 113 cm³/mol. The molecule has 0 radical (unpaired) electrons. The first kappa shape index (κ1) is 24.2.